The second-order valence-electron chi connectivity index (χ2n) is 3.41. The van der Waals surface area contributed by atoms with Crippen LogP contribution in [0.1, 0.15) is 23.2 Å². The number of aromatic carboxylic acids is 1. The number of nitrogens with one attached hydrogen (secondary N) is 1. The molecule has 0 aliphatic rings. The number of hydrogen-bond acceptors (Lipinski definition) is 3. The first kappa shape index (κ1) is 12.8. The molecule has 0 saturated carbocycles. The number of anilines is 1. The van der Waals surface area contributed by atoms with Crippen LogP contribution in [0.4, 0.5) is 5.69 Å². The molecule has 1 aromatic carbocycles. The average molecular weight is 235 g/mol. The molecule has 0 bridgehead atoms. The van der Waals surface area contributed by atoms with E-state index in [1.54, 1.807) is 6.08 Å². The van der Waals surface area contributed by atoms with E-state index in [2.05, 4.69) is 11.9 Å². The molecule has 0 radical (unpaired) electrons. The zero-order chi connectivity index (χ0) is 12.8. The van der Waals surface area contributed by atoms with Crippen molar-refractivity contribution in [1.82, 2.24) is 0 Å². The summed E-state index contributed by atoms with van der Waals surface area (Å²) in [4.78, 5) is 22.1. The van der Waals surface area contributed by atoms with Gasteiger partial charge in [0.1, 0.15) is 5.75 Å². The maximum Gasteiger partial charge on any atom is 0.335 e. The summed E-state index contributed by atoms with van der Waals surface area (Å²) in [7, 11) is 0. The molecule has 90 valence electrons. The lowest BCUT2D eigenvalue weighted by Gasteiger charge is -2.07. The zero-order valence-electron chi connectivity index (χ0n) is 9.14. The monoisotopic (exact) mass is 235 g/mol. The summed E-state index contributed by atoms with van der Waals surface area (Å²) in [6.07, 6.45) is 2.36. The third-order valence-electron chi connectivity index (χ3n) is 2.09. The number of phenols is 1. The number of carboxylic acid groups (broad SMARTS) is 1. The predicted molar refractivity (Wildman–Crippen MR) is 63.1 cm³/mol. The second-order valence-corrected chi connectivity index (χ2v) is 3.41. The van der Waals surface area contributed by atoms with Crippen LogP contribution in [-0.2, 0) is 4.79 Å². The highest BCUT2D eigenvalue weighted by Crippen LogP contribution is 2.24. The number of amides is 1. The molecule has 0 fully saturated rings. The Kier molecular flexibility index (Phi) is 4.28. The normalized spacial score (nSPS) is 9.65. The molecule has 1 aromatic rings. The Morgan fingerprint density at radius 2 is 2.12 bits per heavy atom. The van der Waals surface area contributed by atoms with Gasteiger partial charge >= 0.3 is 5.97 Å². The van der Waals surface area contributed by atoms with Gasteiger partial charge in [-0.15, -0.1) is 6.58 Å². The number of carbonyl (C=O) groups excluding carboxylic acids is 1. The van der Waals surface area contributed by atoms with Crippen molar-refractivity contribution in [1.29, 1.82) is 0 Å². The maximum atomic E-state index is 11.4. The summed E-state index contributed by atoms with van der Waals surface area (Å²) in [6, 6.07) is 3.70. The summed E-state index contributed by atoms with van der Waals surface area (Å²) in [5, 5.41) is 20.7. The number of aromatic hydroxyl groups is 1. The average Bonchev–Trinajstić information content (AvgIpc) is 2.29. The van der Waals surface area contributed by atoms with E-state index in [1.807, 2.05) is 0 Å². The first-order valence-electron chi connectivity index (χ1n) is 5.01. The summed E-state index contributed by atoms with van der Waals surface area (Å²) in [5.74, 6) is -1.59. The van der Waals surface area contributed by atoms with Crippen molar-refractivity contribution in [3.8, 4) is 5.75 Å². The summed E-state index contributed by atoms with van der Waals surface area (Å²) >= 11 is 0. The minimum atomic E-state index is -1.12. The van der Waals surface area contributed by atoms with E-state index in [9.17, 15) is 14.7 Å². The van der Waals surface area contributed by atoms with Gasteiger partial charge in [-0.05, 0) is 24.6 Å². The standard InChI is InChI=1S/C12H13NO4/c1-2-3-4-11(15)13-9-7-8(12(16)17)5-6-10(9)14/h2,5-7,14H,1,3-4H2,(H,13,15)(H,16,17). The number of phenolic OH excluding ortho intramolecular Hbond substituents is 1. The van der Waals surface area contributed by atoms with E-state index in [-0.39, 0.29) is 29.3 Å². The number of rotatable bonds is 5. The Morgan fingerprint density at radius 1 is 1.41 bits per heavy atom. The number of carboxylic acids is 1. The molecule has 0 saturated heterocycles. The Hall–Kier alpha value is -2.30. The predicted octanol–water partition coefficient (Wildman–Crippen LogP) is 2.00. The smallest absolute Gasteiger partial charge is 0.335 e. The highest BCUT2D eigenvalue weighted by atomic mass is 16.4. The minimum absolute atomic E-state index is 0.00169. The van der Waals surface area contributed by atoms with Gasteiger partial charge in [-0.3, -0.25) is 4.79 Å². The zero-order valence-corrected chi connectivity index (χ0v) is 9.14. The Bertz CT molecular complexity index is 454. The van der Waals surface area contributed by atoms with Gasteiger partial charge in [0.2, 0.25) is 5.91 Å². The van der Waals surface area contributed by atoms with Gasteiger partial charge in [-0.2, -0.15) is 0 Å². The van der Waals surface area contributed by atoms with Gasteiger partial charge in [-0.1, -0.05) is 6.08 Å². The number of carbonyl (C=O) groups is 2. The van der Waals surface area contributed by atoms with Crippen LogP contribution in [0.15, 0.2) is 30.9 Å². The summed E-state index contributed by atoms with van der Waals surface area (Å²) in [6.45, 7) is 3.49. The molecule has 0 aliphatic carbocycles. The first-order valence-corrected chi connectivity index (χ1v) is 5.01. The first-order chi connectivity index (χ1) is 8.04. The van der Waals surface area contributed by atoms with Crippen LogP contribution in [0, 0.1) is 0 Å². The molecule has 0 heterocycles. The topological polar surface area (TPSA) is 86.6 Å². The van der Waals surface area contributed by atoms with Crippen molar-refractivity contribution < 1.29 is 19.8 Å². The molecular formula is C12H13NO4. The Balaban J connectivity index is 2.82. The molecule has 5 nitrogen and oxygen atoms in total. The fourth-order valence-electron chi connectivity index (χ4n) is 1.22. The summed E-state index contributed by atoms with van der Waals surface area (Å²) in [5.41, 5.74) is 0.0979. The largest absolute Gasteiger partial charge is 0.506 e. The van der Waals surface area contributed by atoms with Crippen molar-refractivity contribution in [2.75, 3.05) is 5.32 Å². The second kappa shape index (κ2) is 5.69. The fraction of sp³-hybridized carbons (Fsp3) is 0.167. The minimum Gasteiger partial charge on any atom is -0.506 e. The molecular weight excluding hydrogens is 222 g/mol. The van der Waals surface area contributed by atoms with E-state index in [1.165, 1.54) is 18.2 Å². The van der Waals surface area contributed by atoms with Crippen LogP contribution in [0.3, 0.4) is 0 Å². The van der Waals surface area contributed by atoms with Gasteiger partial charge < -0.3 is 15.5 Å². The van der Waals surface area contributed by atoms with Crippen LogP contribution in [0.2, 0.25) is 0 Å². The van der Waals surface area contributed by atoms with Crippen LogP contribution in [0.5, 0.6) is 5.75 Å². The van der Waals surface area contributed by atoms with Crippen LogP contribution in [-0.4, -0.2) is 22.1 Å². The lowest BCUT2D eigenvalue weighted by atomic mass is 10.2. The number of hydrogen-bond donors (Lipinski definition) is 3. The van der Waals surface area contributed by atoms with Gasteiger partial charge in [0.05, 0.1) is 11.3 Å². The molecule has 0 aromatic heterocycles. The van der Waals surface area contributed by atoms with Crippen molar-refractivity contribution >= 4 is 17.6 Å². The molecule has 0 aliphatic heterocycles. The molecule has 3 N–H and O–H groups in total. The molecule has 1 rings (SSSR count). The lowest BCUT2D eigenvalue weighted by Crippen LogP contribution is -2.11. The molecule has 0 unspecified atom stereocenters. The fourth-order valence-corrected chi connectivity index (χ4v) is 1.22. The highest BCUT2D eigenvalue weighted by Gasteiger charge is 2.10. The third-order valence-corrected chi connectivity index (χ3v) is 2.09. The van der Waals surface area contributed by atoms with Crippen LogP contribution < -0.4 is 5.32 Å². The Morgan fingerprint density at radius 3 is 2.71 bits per heavy atom. The van der Waals surface area contributed by atoms with Crippen molar-refractivity contribution in [3.63, 3.8) is 0 Å². The molecule has 0 spiro atoms. The van der Waals surface area contributed by atoms with E-state index in [0.29, 0.717) is 6.42 Å². The Labute approximate surface area is 98.4 Å². The SMILES string of the molecule is C=CCCC(=O)Nc1cc(C(=O)O)ccc1O. The number of benzene rings is 1. The van der Waals surface area contributed by atoms with E-state index in [0.717, 1.165) is 0 Å². The maximum absolute atomic E-state index is 11.4. The van der Waals surface area contributed by atoms with Gasteiger partial charge in [-0.25, -0.2) is 4.79 Å². The van der Waals surface area contributed by atoms with E-state index in [4.69, 9.17) is 5.11 Å². The lowest BCUT2D eigenvalue weighted by molar-refractivity contribution is -0.116. The van der Waals surface area contributed by atoms with E-state index < -0.39 is 5.97 Å². The van der Waals surface area contributed by atoms with Gasteiger partial charge in [0.15, 0.2) is 0 Å². The molecule has 0 atom stereocenters. The number of allylic oxidation sites excluding steroid dienone is 1. The van der Waals surface area contributed by atoms with Crippen molar-refractivity contribution in [2.45, 2.75) is 12.8 Å². The van der Waals surface area contributed by atoms with Crippen molar-refractivity contribution in [2.24, 2.45) is 0 Å². The molecule has 17 heavy (non-hydrogen) atoms. The quantitative estimate of drug-likeness (QED) is 0.538. The van der Waals surface area contributed by atoms with Gasteiger partial charge in [0, 0.05) is 6.42 Å². The van der Waals surface area contributed by atoms with Crippen LogP contribution in [0.25, 0.3) is 0 Å². The highest BCUT2D eigenvalue weighted by molar-refractivity contribution is 5.95. The van der Waals surface area contributed by atoms with Gasteiger partial charge in [0.25, 0.3) is 0 Å². The third kappa shape index (κ3) is 3.64. The van der Waals surface area contributed by atoms with Crippen LogP contribution >= 0.6 is 0 Å². The van der Waals surface area contributed by atoms with Crippen molar-refractivity contribution in [3.05, 3.63) is 36.4 Å². The van der Waals surface area contributed by atoms with E-state index >= 15 is 0 Å². The molecule has 5 heteroatoms. The summed E-state index contributed by atoms with van der Waals surface area (Å²) < 4.78 is 0. The molecule has 1 amide bonds.